The lowest BCUT2D eigenvalue weighted by atomic mass is 10.2. The molecule has 5 nitrogen and oxygen atoms in total. The number of nitriles is 1. The van der Waals surface area contributed by atoms with Gasteiger partial charge in [0.05, 0.1) is 5.56 Å². The van der Waals surface area contributed by atoms with Crippen molar-refractivity contribution in [1.82, 2.24) is 0 Å². The summed E-state index contributed by atoms with van der Waals surface area (Å²) in [6.45, 7) is 3.95. The molecule has 0 radical (unpaired) electrons. The zero-order valence-electron chi connectivity index (χ0n) is 10.3. The number of anilines is 1. The first kappa shape index (κ1) is 13.7. The van der Waals surface area contributed by atoms with Gasteiger partial charge in [0.25, 0.3) is 0 Å². The Morgan fingerprint density at radius 1 is 1.44 bits per heavy atom. The van der Waals surface area contributed by atoms with Gasteiger partial charge in [-0.2, -0.15) is 5.26 Å². The van der Waals surface area contributed by atoms with Crippen LogP contribution in [0.4, 0.5) is 5.69 Å². The fraction of sp³-hybridized carbons (Fsp3) is 0.308. The average molecular weight is 246 g/mol. The van der Waals surface area contributed by atoms with Crippen LogP contribution in [0.25, 0.3) is 0 Å². The summed E-state index contributed by atoms with van der Waals surface area (Å²) >= 11 is 0. The van der Waals surface area contributed by atoms with E-state index in [2.05, 4.69) is 5.32 Å². The predicted molar refractivity (Wildman–Crippen MR) is 66.3 cm³/mol. The van der Waals surface area contributed by atoms with Gasteiger partial charge in [0.2, 0.25) is 0 Å². The first-order chi connectivity index (χ1) is 8.56. The third-order valence-electron chi connectivity index (χ3n) is 2.10. The van der Waals surface area contributed by atoms with Crippen molar-refractivity contribution in [2.75, 3.05) is 11.9 Å². The normalized spacial score (nSPS) is 9.39. The molecular weight excluding hydrogens is 232 g/mol. The van der Waals surface area contributed by atoms with E-state index in [-0.39, 0.29) is 23.5 Å². The third kappa shape index (κ3) is 3.91. The van der Waals surface area contributed by atoms with E-state index in [0.29, 0.717) is 6.54 Å². The number of esters is 1. The number of Topliss-reactive ketones (excluding diaryl/α,β-unsaturated/α-hetero) is 1. The SMILES string of the molecule is CCNc1ccc(C#N)c(OC(=O)CC(C)=O)c1. The van der Waals surface area contributed by atoms with Crippen molar-refractivity contribution in [2.45, 2.75) is 20.3 Å². The van der Waals surface area contributed by atoms with Crippen LogP contribution in [0.2, 0.25) is 0 Å². The Morgan fingerprint density at radius 3 is 2.72 bits per heavy atom. The summed E-state index contributed by atoms with van der Waals surface area (Å²) in [6.07, 6.45) is -0.295. The van der Waals surface area contributed by atoms with Gasteiger partial charge in [0, 0.05) is 18.3 Å². The van der Waals surface area contributed by atoms with E-state index in [9.17, 15) is 9.59 Å². The molecule has 1 aromatic carbocycles. The van der Waals surface area contributed by atoms with Gasteiger partial charge >= 0.3 is 5.97 Å². The minimum absolute atomic E-state index is 0.169. The minimum Gasteiger partial charge on any atom is -0.425 e. The number of benzene rings is 1. The van der Waals surface area contributed by atoms with E-state index in [0.717, 1.165) is 5.69 Å². The van der Waals surface area contributed by atoms with E-state index < -0.39 is 5.97 Å². The van der Waals surface area contributed by atoms with Crippen molar-refractivity contribution >= 4 is 17.4 Å². The van der Waals surface area contributed by atoms with Crippen LogP contribution < -0.4 is 10.1 Å². The van der Waals surface area contributed by atoms with Crippen LogP contribution in [0.3, 0.4) is 0 Å². The van der Waals surface area contributed by atoms with Gasteiger partial charge in [-0.3, -0.25) is 9.59 Å². The molecule has 0 saturated heterocycles. The number of hydrogen-bond acceptors (Lipinski definition) is 5. The molecule has 0 aliphatic heterocycles. The summed E-state index contributed by atoms with van der Waals surface area (Å²) in [6, 6.07) is 6.79. The van der Waals surface area contributed by atoms with Crippen molar-refractivity contribution in [3.8, 4) is 11.8 Å². The molecule has 0 spiro atoms. The summed E-state index contributed by atoms with van der Waals surface area (Å²) in [5, 5.41) is 12.0. The zero-order chi connectivity index (χ0) is 13.5. The highest BCUT2D eigenvalue weighted by Gasteiger charge is 2.12. The number of carbonyl (C=O) groups is 2. The predicted octanol–water partition coefficient (Wildman–Crippen LogP) is 1.87. The van der Waals surface area contributed by atoms with Gasteiger partial charge in [0.15, 0.2) is 5.75 Å². The third-order valence-corrected chi connectivity index (χ3v) is 2.10. The maximum Gasteiger partial charge on any atom is 0.318 e. The van der Waals surface area contributed by atoms with Gasteiger partial charge in [0.1, 0.15) is 18.3 Å². The first-order valence-electron chi connectivity index (χ1n) is 5.55. The molecule has 1 aromatic rings. The number of rotatable bonds is 5. The van der Waals surface area contributed by atoms with Gasteiger partial charge in [-0.1, -0.05) is 0 Å². The van der Waals surface area contributed by atoms with Crippen LogP contribution in [0, 0.1) is 11.3 Å². The van der Waals surface area contributed by atoms with Crippen LogP contribution in [0.15, 0.2) is 18.2 Å². The van der Waals surface area contributed by atoms with Crippen LogP contribution in [-0.4, -0.2) is 18.3 Å². The molecule has 0 amide bonds. The van der Waals surface area contributed by atoms with Crippen molar-refractivity contribution < 1.29 is 14.3 Å². The van der Waals surface area contributed by atoms with Crippen LogP contribution >= 0.6 is 0 Å². The second-order valence-electron chi connectivity index (χ2n) is 3.71. The van der Waals surface area contributed by atoms with Crippen LogP contribution in [0.5, 0.6) is 5.75 Å². The van der Waals surface area contributed by atoms with E-state index in [4.69, 9.17) is 10.00 Å². The lowest BCUT2D eigenvalue weighted by Crippen LogP contribution is -2.12. The highest BCUT2D eigenvalue weighted by atomic mass is 16.5. The Balaban J connectivity index is 2.91. The average Bonchev–Trinajstić information content (AvgIpc) is 2.28. The van der Waals surface area contributed by atoms with Crippen molar-refractivity contribution in [3.63, 3.8) is 0 Å². The molecular formula is C13H14N2O3. The van der Waals surface area contributed by atoms with E-state index in [1.54, 1.807) is 18.2 Å². The van der Waals surface area contributed by atoms with Crippen molar-refractivity contribution in [1.29, 1.82) is 5.26 Å². The Bertz CT molecular complexity index is 503. The minimum atomic E-state index is -0.660. The second kappa shape index (κ2) is 6.40. The maximum atomic E-state index is 11.4. The summed E-state index contributed by atoms with van der Waals surface area (Å²) in [4.78, 5) is 22.2. The zero-order valence-corrected chi connectivity index (χ0v) is 10.3. The largest absolute Gasteiger partial charge is 0.425 e. The fourth-order valence-corrected chi connectivity index (χ4v) is 1.38. The second-order valence-corrected chi connectivity index (χ2v) is 3.71. The van der Waals surface area contributed by atoms with Gasteiger partial charge in [-0.05, 0) is 26.0 Å². The molecule has 1 rings (SSSR count). The number of ether oxygens (including phenoxy) is 1. The Morgan fingerprint density at radius 2 is 2.17 bits per heavy atom. The highest BCUT2D eigenvalue weighted by Crippen LogP contribution is 2.23. The molecule has 18 heavy (non-hydrogen) atoms. The topological polar surface area (TPSA) is 79.2 Å². The lowest BCUT2D eigenvalue weighted by molar-refractivity contribution is -0.137. The van der Waals surface area contributed by atoms with Gasteiger partial charge < -0.3 is 10.1 Å². The lowest BCUT2D eigenvalue weighted by Gasteiger charge is -2.08. The van der Waals surface area contributed by atoms with Crippen molar-refractivity contribution in [2.24, 2.45) is 0 Å². The number of hydrogen-bond donors (Lipinski definition) is 1. The summed E-state index contributed by atoms with van der Waals surface area (Å²) in [7, 11) is 0. The molecule has 0 heterocycles. The summed E-state index contributed by atoms with van der Waals surface area (Å²) in [5.41, 5.74) is 1.01. The van der Waals surface area contributed by atoms with E-state index in [1.807, 2.05) is 13.0 Å². The molecule has 0 atom stereocenters. The summed E-state index contributed by atoms with van der Waals surface area (Å²) < 4.78 is 5.01. The Kier molecular flexibility index (Phi) is 4.88. The molecule has 0 saturated carbocycles. The molecule has 0 fully saturated rings. The summed E-state index contributed by atoms with van der Waals surface area (Å²) in [5.74, 6) is -0.767. The van der Waals surface area contributed by atoms with Gasteiger partial charge in [-0.15, -0.1) is 0 Å². The Hall–Kier alpha value is -2.35. The molecule has 0 unspecified atom stereocenters. The number of nitrogens with zero attached hydrogens (tertiary/aromatic N) is 1. The van der Waals surface area contributed by atoms with Crippen molar-refractivity contribution in [3.05, 3.63) is 23.8 Å². The number of carbonyl (C=O) groups excluding carboxylic acids is 2. The van der Waals surface area contributed by atoms with Gasteiger partial charge in [-0.25, -0.2) is 0 Å². The maximum absolute atomic E-state index is 11.4. The van der Waals surface area contributed by atoms with E-state index in [1.165, 1.54) is 6.92 Å². The highest BCUT2D eigenvalue weighted by molar-refractivity contribution is 5.95. The van der Waals surface area contributed by atoms with Crippen LogP contribution in [0.1, 0.15) is 25.8 Å². The fourth-order valence-electron chi connectivity index (χ4n) is 1.38. The quantitative estimate of drug-likeness (QED) is 0.487. The van der Waals surface area contributed by atoms with E-state index >= 15 is 0 Å². The Labute approximate surface area is 105 Å². The molecule has 5 heteroatoms. The molecule has 94 valence electrons. The molecule has 1 N–H and O–H groups in total. The van der Waals surface area contributed by atoms with Crippen LogP contribution in [-0.2, 0) is 9.59 Å². The number of ketones is 1. The smallest absolute Gasteiger partial charge is 0.318 e. The standard InChI is InChI=1S/C13H14N2O3/c1-3-15-11-5-4-10(8-14)12(7-11)18-13(17)6-9(2)16/h4-5,7,15H,3,6H2,1-2H3. The number of nitrogens with one attached hydrogen (secondary N) is 1. The molecule has 0 bridgehead atoms. The molecule has 0 aliphatic rings. The molecule has 0 aromatic heterocycles. The molecule has 0 aliphatic carbocycles. The monoisotopic (exact) mass is 246 g/mol. The first-order valence-corrected chi connectivity index (χ1v) is 5.55.